The Morgan fingerprint density at radius 3 is 2.26 bits per heavy atom. The van der Waals surface area contributed by atoms with Crippen LogP contribution in [0.15, 0.2) is 24.3 Å². The highest BCUT2D eigenvalue weighted by Crippen LogP contribution is 2.30. The molecule has 2 aromatic rings. The van der Waals surface area contributed by atoms with Crippen LogP contribution >= 0.6 is 0 Å². The molecule has 192 valence electrons. The van der Waals surface area contributed by atoms with Crippen LogP contribution < -0.4 is 15.5 Å². The zero-order chi connectivity index (χ0) is 25.8. The molecule has 0 bridgehead atoms. The van der Waals surface area contributed by atoms with Crippen LogP contribution in [0.2, 0.25) is 0 Å². The van der Waals surface area contributed by atoms with Gasteiger partial charge >= 0.3 is 6.03 Å². The van der Waals surface area contributed by atoms with Crippen molar-refractivity contribution in [2.24, 2.45) is 0 Å². The average Bonchev–Trinajstić information content (AvgIpc) is 2.92. The molecule has 4 rings (SSSR count). The Bertz CT molecular complexity index is 958. The van der Waals surface area contributed by atoms with Crippen molar-refractivity contribution in [3.05, 3.63) is 35.5 Å². The fourth-order valence-corrected chi connectivity index (χ4v) is 3.88. The van der Waals surface area contributed by atoms with Gasteiger partial charge < -0.3 is 25.2 Å². The standard InChI is InChI=1S/C22H28N6O3.2C2H6/c1-3-23-22(30)24-16-7-5-15(6-8-16)19-25-18-17(9-10-27(4-2)21(18)29)20(26-19)28-11-13-31-14-12-28;2*1-2/h5-8H,3-4,9-14H2,1-2H3,(H2,23,24,30);2*1-2H3. The van der Waals surface area contributed by atoms with E-state index in [0.717, 1.165) is 36.5 Å². The van der Waals surface area contributed by atoms with E-state index in [9.17, 15) is 9.59 Å². The number of benzene rings is 1. The summed E-state index contributed by atoms with van der Waals surface area (Å²) < 4.78 is 5.50. The number of hydrogen-bond acceptors (Lipinski definition) is 6. The first kappa shape index (κ1) is 28.0. The van der Waals surface area contributed by atoms with Gasteiger partial charge in [0.15, 0.2) is 5.82 Å². The number of ether oxygens (including phenoxy) is 1. The third kappa shape index (κ3) is 6.91. The van der Waals surface area contributed by atoms with Gasteiger partial charge in [0.05, 0.1) is 13.2 Å². The molecule has 2 N–H and O–H groups in total. The van der Waals surface area contributed by atoms with E-state index in [0.29, 0.717) is 50.1 Å². The molecule has 35 heavy (non-hydrogen) atoms. The first-order valence-corrected chi connectivity index (χ1v) is 12.8. The maximum atomic E-state index is 13.0. The Morgan fingerprint density at radius 2 is 1.66 bits per heavy atom. The second-order valence-electron chi connectivity index (χ2n) is 7.49. The Kier molecular flexibility index (Phi) is 11.4. The van der Waals surface area contributed by atoms with Crippen LogP contribution in [-0.2, 0) is 11.2 Å². The van der Waals surface area contributed by atoms with Crippen molar-refractivity contribution in [1.82, 2.24) is 20.2 Å². The van der Waals surface area contributed by atoms with Crippen LogP contribution in [0.4, 0.5) is 16.3 Å². The number of nitrogens with one attached hydrogen (secondary N) is 2. The molecule has 0 saturated carbocycles. The van der Waals surface area contributed by atoms with E-state index < -0.39 is 0 Å². The second-order valence-corrected chi connectivity index (χ2v) is 7.49. The Hall–Kier alpha value is -3.20. The predicted molar refractivity (Wildman–Crippen MR) is 141 cm³/mol. The minimum Gasteiger partial charge on any atom is -0.378 e. The monoisotopic (exact) mass is 484 g/mol. The number of morpholine rings is 1. The summed E-state index contributed by atoms with van der Waals surface area (Å²) >= 11 is 0. The fraction of sp³-hybridized carbons (Fsp3) is 0.538. The number of nitrogens with zero attached hydrogens (tertiary/aromatic N) is 4. The SMILES string of the molecule is CC.CC.CCNC(=O)Nc1ccc(-c2nc3c(c(N4CCOCC4)n2)CCN(CC)C3=O)cc1. The van der Waals surface area contributed by atoms with E-state index in [1.54, 1.807) is 0 Å². The Labute approximate surface area is 209 Å². The number of aromatic nitrogens is 2. The lowest BCUT2D eigenvalue weighted by molar-refractivity contribution is 0.0741. The molecule has 1 aromatic carbocycles. The summed E-state index contributed by atoms with van der Waals surface area (Å²) in [5.74, 6) is 1.30. The number of amides is 3. The minimum atomic E-state index is -0.250. The lowest BCUT2D eigenvalue weighted by Crippen LogP contribution is -2.42. The van der Waals surface area contributed by atoms with Crippen molar-refractivity contribution in [1.29, 1.82) is 0 Å². The normalized spacial score (nSPS) is 14.6. The van der Waals surface area contributed by atoms with Crippen LogP contribution in [-0.4, -0.2) is 72.7 Å². The molecule has 0 aliphatic carbocycles. The third-order valence-corrected chi connectivity index (χ3v) is 5.54. The van der Waals surface area contributed by atoms with Crippen LogP contribution in [0.3, 0.4) is 0 Å². The number of hydrogen-bond donors (Lipinski definition) is 2. The van der Waals surface area contributed by atoms with Gasteiger partial charge in [-0.05, 0) is 44.5 Å². The summed E-state index contributed by atoms with van der Waals surface area (Å²) in [6.45, 7) is 16.5. The highest BCUT2D eigenvalue weighted by Gasteiger charge is 2.31. The molecule has 0 radical (unpaired) electrons. The number of rotatable bonds is 5. The second kappa shape index (κ2) is 14.3. The van der Waals surface area contributed by atoms with Gasteiger partial charge in [-0.3, -0.25) is 4.79 Å². The molecule has 3 amide bonds. The molecule has 1 saturated heterocycles. The topological polar surface area (TPSA) is 99.7 Å². The first-order chi connectivity index (χ1) is 17.1. The largest absolute Gasteiger partial charge is 0.378 e. The molecule has 0 atom stereocenters. The summed E-state index contributed by atoms with van der Waals surface area (Å²) in [6.07, 6.45) is 0.747. The van der Waals surface area contributed by atoms with Gasteiger partial charge in [0.1, 0.15) is 11.5 Å². The lowest BCUT2D eigenvalue weighted by Gasteiger charge is -2.33. The molecule has 0 spiro atoms. The quantitative estimate of drug-likeness (QED) is 0.660. The van der Waals surface area contributed by atoms with Crippen molar-refractivity contribution < 1.29 is 14.3 Å². The van der Waals surface area contributed by atoms with Crippen molar-refractivity contribution in [3.63, 3.8) is 0 Å². The average molecular weight is 485 g/mol. The summed E-state index contributed by atoms with van der Waals surface area (Å²) in [5.41, 5.74) is 2.88. The smallest absolute Gasteiger partial charge is 0.319 e. The van der Waals surface area contributed by atoms with Crippen molar-refractivity contribution >= 4 is 23.4 Å². The molecule has 3 heterocycles. The number of likely N-dealkylation sites (N-methyl/N-ethyl adjacent to an activating group) is 1. The van der Waals surface area contributed by atoms with Crippen molar-refractivity contribution in [2.75, 3.05) is 56.2 Å². The third-order valence-electron chi connectivity index (χ3n) is 5.54. The number of urea groups is 1. The number of carbonyl (C=O) groups is 2. The van der Waals surface area contributed by atoms with Crippen molar-refractivity contribution in [3.8, 4) is 11.4 Å². The summed E-state index contributed by atoms with van der Waals surface area (Å²) in [5, 5.41) is 5.48. The van der Waals surface area contributed by atoms with Gasteiger partial charge in [-0.1, -0.05) is 27.7 Å². The fourth-order valence-electron chi connectivity index (χ4n) is 3.88. The van der Waals surface area contributed by atoms with Gasteiger partial charge in [0.25, 0.3) is 5.91 Å². The molecule has 0 unspecified atom stereocenters. The first-order valence-electron chi connectivity index (χ1n) is 12.8. The molecule has 9 nitrogen and oxygen atoms in total. The van der Waals surface area contributed by atoms with E-state index in [1.807, 2.05) is 70.7 Å². The summed E-state index contributed by atoms with van der Waals surface area (Å²) in [7, 11) is 0. The van der Waals surface area contributed by atoms with Gasteiger partial charge in [-0.2, -0.15) is 0 Å². The highest BCUT2D eigenvalue weighted by molar-refractivity contribution is 5.96. The molecular formula is C26H40N6O3. The van der Waals surface area contributed by atoms with E-state index in [2.05, 4.69) is 20.5 Å². The number of anilines is 2. The highest BCUT2D eigenvalue weighted by atomic mass is 16.5. The maximum absolute atomic E-state index is 13.0. The van der Waals surface area contributed by atoms with Gasteiger partial charge in [-0.15, -0.1) is 0 Å². The summed E-state index contributed by atoms with van der Waals surface area (Å²) in [4.78, 5) is 38.3. The van der Waals surface area contributed by atoms with E-state index >= 15 is 0 Å². The van der Waals surface area contributed by atoms with Crippen LogP contribution in [0.1, 0.15) is 57.6 Å². The molecular weight excluding hydrogens is 444 g/mol. The molecule has 2 aliphatic rings. The van der Waals surface area contributed by atoms with Gasteiger partial charge in [0, 0.05) is 49.5 Å². The lowest BCUT2D eigenvalue weighted by atomic mass is 10.0. The van der Waals surface area contributed by atoms with E-state index in [4.69, 9.17) is 9.72 Å². The van der Waals surface area contributed by atoms with Gasteiger partial charge in [-0.25, -0.2) is 14.8 Å². The number of carbonyl (C=O) groups excluding carboxylic acids is 2. The molecule has 9 heteroatoms. The molecule has 2 aliphatic heterocycles. The Morgan fingerprint density at radius 1 is 1.00 bits per heavy atom. The summed E-state index contributed by atoms with van der Waals surface area (Å²) in [6, 6.07) is 7.08. The zero-order valence-electron chi connectivity index (χ0n) is 22.0. The molecule has 1 fully saturated rings. The zero-order valence-corrected chi connectivity index (χ0v) is 22.0. The molecule has 1 aromatic heterocycles. The van der Waals surface area contributed by atoms with E-state index in [-0.39, 0.29) is 11.9 Å². The van der Waals surface area contributed by atoms with Crippen LogP contribution in [0.25, 0.3) is 11.4 Å². The van der Waals surface area contributed by atoms with Crippen molar-refractivity contribution in [2.45, 2.75) is 48.0 Å². The van der Waals surface area contributed by atoms with Gasteiger partial charge in [0.2, 0.25) is 0 Å². The maximum Gasteiger partial charge on any atom is 0.319 e. The van der Waals surface area contributed by atoms with Crippen LogP contribution in [0, 0.1) is 0 Å². The van der Waals surface area contributed by atoms with E-state index in [1.165, 1.54) is 0 Å². The van der Waals surface area contributed by atoms with Crippen LogP contribution in [0.5, 0.6) is 0 Å². The number of fused-ring (bicyclic) bond motifs is 1. The predicted octanol–water partition coefficient (Wildman–Crippen LogP) is 4.19. The minimum absolute atomic E-state index is 0.0450. The Balaban J connectivity index is 0.00000103.